The first-order valence-corrected chi connectivity index (χ1v) is 9.37. The third-order valence-electron chi connectivity index (χ3n) is 6.83. The van der Waals surface area contributed by atoms with Gasteiger partial charge in [0.1, 0.15) is 6.54 Å². The molecule has 4 aliphatic rings. The van der Waals surface area contributed by atoms with Crippen LogP contribution in [0.3, 0.4) is 0 Å². The zero-order valence-corrected chi connectivity index (χ0v) is 15.1. The average molecular weight is 341 g/mol. The summed E-state index contributed by atoms with van der Waals surface area (Å²) >= 11 is 0. The lowest BCUT2D eigenvalue weighted by molar-refractivity contribution is -0.152. The van der Waals surface area contributed by atoms with Gasteiger partial charge in [-0.25, -0.2) is 0 Å². The number of carbonyl (C=O) groups is 2. The number of hydrogen-bond acceptors (Lipinski definition) is 3. The quantitative estimate of drug-likeness (QED) is 0.856. The number of nitrogens with one attached hydrogen (secondary N) is 1. The Morgan fingerprint density at radius 1 is 1.12 bits per heavy atom. The van der Waals surface area contributed by atoms with Crippen molar-refractivity contribution in [2.75, 3.05) is 13.7 Å². The van der Waals surface area contributed by atoms with Gasteiger partial charge in [0.05, 0.1) is 12.5 Å². The van der Waals surface area contributed by atoms with Crippen molar-refractivity contribution in [3.63, 3.8) is 0 Å². The van der Waals surface area contributed by atoms with E-state index in [1.807, 2.05) is 0 Å². The number of ether oxygens (including phenoxy) is 1. The zero-order chi connectivity index (χ0) is 17.7. The van der Waals surface area contributed by atoms with Crippen molar-refractivity contribution in [3.8, 4) is 0 Å². The van der Waals surface area contributed by atoms with Crippen molar-refractivity contribution in [2.45, 2.75) is 50.9 Å². The highest BCUT2D eigenvalue weighted by Crippen LogP contribution is 2.65. The third-order valence-corrected chi connectivity index (χ3v) is 6.83. The number of amides is 1. The maximum atomic E-state index is 13.0. The monoisotopic (exact) mass is 341 g/mol. The maximum absolute atomic E-state index is 13.0. The Kier molecular flexibility index (Phi) is 3.89. The first kappa shape index (κ1) is 16.6. The molecular weight excluding hydrogens is 314 g/mol. The summed E-state index contributed by atoms with van der Waals surface area (Å²) < 4.78 is 4.67. The van der Waals surface area contributed by atoms with Crippen LogP contribution >= 0.6 is 0 Å². The standard InChI is InChI=1S/C21H27NO3/c1-14-3-5-17(6-4-14)20-8-15-7-16(9-20)11-21(10-15,13-20)19(24)22-12-18(23)25-2/h3-6,15-16H,7-13H2,1-2H3,(H,22,24). The van der Waals surface area contributed by atoms with Gasteiger partial charge in [-0.2, -0.15) is 0 Å². The molecule has 5 rings (SSSR count). The Bertz CT molecular complexity index is 680. The van der Waals surface area contributed by atoms with Crippen LogP contribution in [0, 0.1) is 24.2 Å². The van der Waals surface area contributed by atoms with Crippen LogP contribution in [0.15, 0.2) is 24.3 Å². The zero-order valence-electron chi connectivity index (χ0n) is 15.1. The van der Waals surface area contributed by atoms with Crippen molar-refractivity contribution in [3.05, 3.63) is 35.4 Å². The predicted molar refractivity (Wildman–Crippen MR) is 95.0 cm³/mol. The van der Waals surface area contributed by atoms with Gasteiger partial charge in [0.2, 0.25) is 5.91 Å². The summed E-state index contributed by atoms with van der Waals surface area (Å²) in [7, 11) is 1.35. The number of hydrogen-bond donors (Lipinski definition) is 1. The van der Waals surface area contributed by atoms with E-state index < -0.39 is 0 Å². The van der Waals surface area contributed by atoms with E-state index >= 15 is 0 Å². The van der Waals surface area contributed by atoms with Gasteiger partial charge < -0.3 is 10.1 Å². The van der Waals surface area contributed by atoms with Crippen LogP contribution in [0.1, 0.15) is 49.7 Å². The van der Waals surface area contributed by atoms with E-state index in [0.29, 0.717) is 11.8 Å². The van der Waals surface area contributed by atoms with Gasteiger partial charge >= 0.3 is 5.97 Å². The summed E-state index contributed by atoms with van der Waals surface area (Å²) in [6.45, 7) is 2.09. The predicted octanol–water partition coefficient (Wildman–Crippen LogP) is 3.12. The first-order valence-electron chi connectivity index (χ1n) is 9.37. The Morgan fingerprint density at radius 3 is 2.36 bits per heavy atom. The number of aryl methyl sites for hydroxylation is 1. The number of carbonyl (C=O) groups excluding carboxylic acids is 2. The minimum absolute atomic E-state index is 0.0239. The lowest BCUT2D eigenvalue weighted by Gasteiger charge is -2.61. The first-order chi connectivity index (χ1) is 11.9. The van der Waals surface area contributed by atoms with E-state index in [4.69, 9.17) is 0 Å². The Balaban J connectivity index is 1.61. The van der Waals surface area contributed by atoms with Crippen LogP contribution in [0.4, 0.5) is 0 Å². The van der Waals surface area contributed by atoms with Gasteiger partial charge in [0.25, 0.3) is 0 Å². The Hall–Kier alpha value is -1.84. The molecule has 0 radical (unpaired) electrons. The van der Waals surface area contributed by atoms with Crippen LogP contribution in [0.2, 0.25) is 0 Å². The molecule has 1 N–H and O–H groups in total. The summed E-state index contributed by atoms with van der Waals surface area (Å²) in [5.41, 5.74) is 2.51. The molecule has 2 unspecified atom stereocenters. The van der Waals surface area contributed by atoms with Crippen LogP contribution in [0.25, 0.3) is 0 Å². The van der Waals surface area contributed by atoms with Gasteiger partial charge in [-0.1, -0.05) is 29.8 Å². The smallest absolute Gasteiger partial charge is 0.325 e. The average Bonchev–Trinajstić information content (AvgIpc) is 2.58. The summed E-state index contributed by atoms with van der Waals surface area (Å²) in [6.07, 6.45) is 6.55. The summed E-state index contributed by atoms with van der Waals surface area (Å²) in [5.74, 6) is 0.938. The van der Waals surface area contributed by atoms with Gasteiger partial charge in [-0.05, 0) is 68.3 Å². The Labute approximate surface area is 149 Å². The number of methoxy groups -OCH3 is 1. The minimum atomic E-state index is -0.383. The molecule has 1 aromatic carbocycles. The molecule has 4 fully saturated rings. The van der Waals surface area contributed by atoms with E-state index in [2.05, 4.69) is 41.2 Å². The molecule has 4 heteroatoms. The highest BCUT2D eigenvalue weighted by Gasteiger charge is 2.60. The molecule has 25 heavy (non-hydrogen) atoms. The van der Waals surface area contributed by atoms with Gasteiger partial charge in [0, 0.05) is 0 Å². The van der Waals surface area contributed by atoms with Crippen LogP contribution in [0.5, 0.6) is 0 Å². The molecule has 0 heterocycles. The second-order valence-corrected chi connectivity index (χ2v) is 8.65. The van der Waals surface area contributed by atoms with Crippen molar-refractivity contribution >= 4 is 11.9 Å². The van der Waals surface area contributed by atoms with Gasteiger partial charge in [-0.15, -0.1) is 0 Å². The fourth-order valence-corrected chi connectivity index (χ4v) is 6.19. The van der Waals surface area contributed by atoms with E-state index in [9.17, 15) is 9.59 Å². The summed E-state index contributed by atoms with van der Waals surface area (Å²) in [6, 6.07) is 8.92. The van der Waals surface area contributed by atoms with Crippen LogP contribution in [-0.4, -0.2) is 25.5 Å². The number of rotatable bonds is 4. The molecule has 4 bridgehead atoms. The van der Waals surface area contributed by atoms with Gasteiger partial charge in [-0.3, -0.25) is 9.59 Å². The lowest BCUT2D eigenvalue weighted by atomic mass is 9.42. The van der Waals surface area contributed by atoms with E-state index in [-0.39, 0.29) is 29.3 Å². The molecule has 2 atom stereocenters. The molecule has 4 aliphatic carbocycles. The van der Waals surface area contributed by atoms with Crippen LogP contribution < -0.4 is 5.32 Å². The summed E-state index contributed by atoms with van der Waals surface area (Å²) in [4.78, 5) is 24.4. The molecular formula is C21H27NO3. The van der Waals surface area contributed by atoms with Crippen LogP contribution in [-0.2, 0) is 19.7 Å². The van der Waals surface area contributed by atoms with E-state index in [0.717, 1.165) is 19.3 Å². The molecule has 4 nitrogen and oxygen atoms in total. The topological polar surface area (TPSA) is 55.4 Å². The molecule has 4 saturated carbocycles. The highest BCUT2D eigenvalue weighted by atomic mass is 16.5. The molecule has 0 saturated heterocycles. The largest absolute Gasteiger partial charge is 0.468 e. The van der Waals surface area contributed by atoms with E-state index in [1.165, 1.54) is 37.5 Å². The van der Waals surface area contributed by atoms with Crippen molar-refractivity contribution in [2.24, 2.45) is 17.3 Å². The van der Waals surface area contributed by atoms with Crippen molar-refractivity contribution in [1.82, 2.24) is 5.32 Å². The molecule has 134 valence electrons. The second kappa shape index (κ2) is 5.86. The van der Waals surface area contributed by atoms with E-state index in [1.54, 1.807) is 0 Å². The third kappa shape index (κ3) is 2.76. The second-order valence-electron chi connectivity index (χ2n) is 8.65. The molecule has 0 aliphatic heterocycles. The SMILES string of the molecule is COC(=O)CNC(=O)C12CC3CC(C1)CC(c1ccc(C)cc1)(C3)C2. The molecule has 0 aromatic heterocycles. The number of benzene rings is 1. The Morgan fingerprint density at radius 2 is 1.76 bits per heavy atom. The minimum Gasteiger partial charge on any atom is -0.468 e. The molecule has 1 amide bonds. The highest BCUT2D eigenvalue weighted by molar-refractivity contribution is 5.87. The fraction of sp³-hybridized carbons (Fsp3) is 0.619. The molecule has 1 aromatic rings. The normalized spacial score (nSPS) is 35.4. The van der Waals surface area contributed by atoms with Crippen molar-refractivity contribution < 1.29 is 14.3 Å². The fourth-order valence-electron chi connectivity index (χ4n) is 6.19. The van der Waals surface area contributed by atoms with Gasteiger partial charge in [0.15, 0.2) is 0 Å². The summed E-state index contributed by atoms with van der Waals surface area (Å²) in [5, 5.41) is 2.85. The maximum Gasteiger partial charge on any atom is 0.325 e. The number of esters is 1. The molecule has 0 spiro atoms. The van der Waals surface area contributed by atoms with Crippen molar-refractivity contribution in [1.29, 1.82) is 0 Å². The lowest BCUT2D eigenvalue weighted by Crippen LogP contribution is -2.59.